The average molecular weight is 235 g/mol. The topological polar surface area (TPSA) is 49.2 Å². The first kappa shape index (κ1) is 12.3. The van der Waals surface area contributed by atoms with Gasteiger partial charge in [0.05, 0.1) is 6.61 Å². The quantitative estimate of drug-likeness (QED) is 0.868. The number of hydrogen-bond donors (Lipinski definition) is 1. The molecule has 1 N–H and O–H groups in total. The highest BCUT2D eigenvalue weighted by Gasteiger charge is 2.23. The molecule has 1 saturated heterocycles. The third-order valence-corrected chi connectivity index (χ3v) is 3.38. The van der Waals surface area contributed by atoms with Gasteiger partial charge in [0.15, 0.2) is 0 Å². The van der Waals surface area contributed by atoms with Crippen molar-refractivity contribution in [2.24, 2.45) is 0 Å². The van der Waals surface area contributed by atoms with E-state index in [1.165, 1.54) is 32.1 Å². The van der Waals surface area contributed by atoms with Crippen LogP contribution in [0.4, 0.5) is 5.95 Å². The van der Waals surface area contributed by atoms with Gasteiger partial charge in [-0.3, -0.25) is 0 Å². The Morgan fingerprint density at radius 1 is 1.35 bits per heavy atom. The average Bonchev–Trinajstić information content (AvgIpc) is 2.40. The molecule has 4 nitrogen and oxygen atoms in total. The van der Waals surface area contributed by atoms with Gasteiger partial charge in [-0.05, 0) is 25.7 Å². The lowest BCUT2D eigenvalue weighted by molar-refractivity contribution is 0.281. The summed E-state index contributed by atoms with van der Waals surface area (Å²) in [5, 5.41) is 8.98. The maximum Gasteiger partial charge on any atom is 0.225 e. The van der Waals surface area contributed by atoms with Gasteiger partial charge < -0.3 is 10.0 Å². The lowest BCUT2D eigenvalue weighted by Crippen LogP contribution is -2.40. The first-order chi connectivity index (χ1) is 8.35. The Morgan fingerprint density at radius 3 is 2.76 bits per heavy atom. The summed E-state index contributed by atoms with van der Waals surface area (Å²) >= 11 is 0. The number of nitrogens with zero attached hydrogens (tertiary/aromatic N) is 3. The molecule has 1 aromatic rings. The zero-order valence-electron chi connectivity index (χ0n) is 10.5. The van der Waals surface area contributed by atoms with Crippen LogP contribution in [0, 0.1) is 0 Å². The van der Waals surface area contributed by atoms with Crippen LogP contribution in [0.25, 0.3) is 0 Å². The Labute approximate surface area is 103 Å². The number of rotatable bonds is 4. The summed E-state index contributed by atoms with van der Waals surface area (Å²) in [6.07, 6.45) is 9.65. The standard InChI is InChI=1S/C13H21N3O/c1-2-5-12-6-3-4-7-16(12)13-14-8-11(10-17)9-15-13/h8-9,12,17H,2-7,10H2,1H3. The smallest absolute Gasteiger partial charge is 0.225 e. The van der Waals surface area contributed by atoms with E-state index in [0.717, 1.165) is 18.1 Å². The summed E-state index contributed by atoms with van der Waals surface area (Å²) in [4.78, 5) is 11.0. The Bertz CT molecular complexity index is 337. The number of anilines is 1. The molecule has 0 bridgehead atoms. The van der Waals surface area contributed by atoms with Crippen LogP contribution in [-0.4, -0.2) is 27.7 Å². The van der Waals surface area contributed by atoms with Crippen LogP contribution in [-0.2, 0) is 6.61 Å². The molecule has 1 aliphatic rings. The van der Waals surface area contributed by atoms with E-state index in [0.29, 0.717) is 6.04 Å². The van der Waals surface area contributed by atoms with E-state index >= 15 is 0 Å². The molecule has 2 rings (SSSR count). The van der Waals surface area contributed by atoms with Crippen molar-refractivity contribution in [3.8, 4) is 0 Å². The van der Waals surface area contributed by atoms with Gasteiger partial charge >= 0.3 is 0 Å². The minimum Gasteiger partial charge on any atom is -0.392 e. The van der Waals surface area contributed by atoms with E-state index in [1.54, 1.807) is 12.4 Å². The summed E-state index contributed by atoms with van der Waals surface area (Å²) in [7, 11) is 0. The van der Waals surface area contributed by atoms with Gasteiger partial charge in [-0.2, -0.15) is 0 Å². The lowest BCUT2D eigenvalue weighted by atomic mass is 9.99. The highest BCUT2D eigenvalue weighted by atomic mass is 16.3. The molecule has 0 spiro atoms. The highest BCUT2D eigenvalue weighted by molar-refractivity contribution is 5.32. The van der Waals surface area contributed by atoms with Crippen molar-refractivity contribution in [1.82, 2.24) is 9.97 Å². The van der Waals surface area contributed by atoms with Crippen LogP contribution in [0.1, 0.15) is 44.6 Å². The van der Waals surface area contributed by atoms with Crippen molar-refractivity contribution in [3.63, 3.8) is 0 Å². The SMILES string of the molecule is CCCC1CCCCN1c1ncc(CO)cn1. The number of aromatic nitrogens is 2. The maximum atomic E-state index is 8.98. The Hall–Kier alpha value is -1.16. The molecular weight excluding hydrogens is 214 g/mol. The van der Waals surface area contributed by atoms with Crippen LogP contribution in [0.3, 0.4) is 0 Å². The lowest BCUT2D eigenvalue weighted by Gasteiger charge is -2.35. The molecule has 1 fully saturated rings. The molecule has 0 saturated carbocycles. The van der Waals surface area contributed by atoms with Gasteiger partial charge in [-0.1, -0.05) is 13.3 Å². The normalized spacial score (nSPS) is 20.6. The van der Waals surface area contributed by atoms with E-state index in [1.807, 2.05) is 0 Å². The largest absolute Gasteiger partial charge is 0.392 e. The van der Waals surface area contributed by atoms with Crippen LogP contribution >= 0.6 is 0 Å². The molecule has 4 heteroatoms. The summed E-state index contributed by atoms with van der Waals surface area (Å²) < 4.78 is 0. The summed E-state index contributed by atoms with van der Waals surface area (Å²) in [5.41, 5.74) is 0.776. The van der Waals surface area contributed by atoms with Crippen molar-refractivity contribution in [3.05, 3.63) is 18.0 Å². The van der Waals surface area contributed by atoms with E-state index < -0.39 is 0 Å². The molecule has 1 unspecified atom stereocenters. The van der Waals surface area contributed by atoms with E-state index in [-0.39, 0.29) is 6.61 Å². The highest BCUT2D eigenvalue weighted by Crippen LogP contribution is 2.24. The van der Waals surface area contributed by atoms with Gasteiger partial charge in [0.25, 0.3) is 0 Å². The minimum absolute atomic E-state index is 0.0126. The molecule has 2 heterocycles. The zero-order chi connectivity index (χ0) is 12.1. The van der Waals surface area contributed by atoms with Crippen molar-refractivity contribution in [1.29, 1.82) is 0 Å². The second-order valence-corrected chi connectivity index (χ2v) is 4.68. The van der Waals surface area contributed by atoms with E-state index in [2.05, 4.69) is 21.8 Å². The van der Waals surface area contributed by atoms with Gasteiger partial charge in [-0.25, -0.2) is 9.97 Å². The summed E-state index contributed by atoms with van der Waals surface area (Å²) in [6, 6.07) is 0.591. The number of aliphatic hydroxyl groups excluding tert-OH is 1. The fraction of sp³-hybridized carbons (Fsp3) is 0.692. The predicted octanol–water partition coefficient (Wildman–Crippen LogP) is 2.13. The van der Waals surface area contributed by atoms with Gasteiger partial charge in [0, 0.05) is 30.5 Å². The third kappa shape index (κ3) is 2.94. The fourth-order valence-corrected chi connectivity index (χ4v) is 2.48. The molecule has 0 amide bonds. The molecule has 1 aliphatic heterocycles. The monoisotopic (exact) mass is 235 g/mol. The Morgan fingerprint density at radius 2 is 2.12 bits per heavy atom. The molecular formula is C13H21N3O. The first-order valence-corrected chi connectivity index (χ1v) is 6.53. The van der Waals surface area contributed by atoms with E-state index in [9.17, 15) is 0 Å². The van der Waals surface area contributed by atoms with Gasteiger partial charge in [0.1, 0.15) is 0 Å². The second kappa shape index (κ2) is 5.96. The van der Waals surface area contributed by atoms with Crippen molar-refractivity contribution >= 4 is 5.95 Å². The molecule has 0 aliphatic carbocycles. The summed E-state index contributed by atoms with van der Waals surface area (Å²) in [6.45, 7) is 3.30. The molecule has 0 radical (unpaired) electrons. The molecule has 1 aromatic heterocycles. The van der Waals surface area contributed by atoms with Crippen molar-refractivity contribution < 1.29 is 5.11 Å². The van der Waals surface area contributed by atoms with Crippen molar-refractivity contribution in [2.75, 3.05) is 11.4 Å². The molecule has 1 atom stereocenters. The molecule has 0 aromatic carbocycles. The minimum atomic E-state index is 0.0126. The second-order valence-electron chi connectivity index (χ2n) is 4.68. The summed E-state index contributed by atoms with van der Waals surface area (Å²) in [5.74, 6) is 0.820. The van der Waals surface area contributed by atoms with Crippen molar-refractivity contribution in [2.45, 2.75) is 51.7 Å². The van der Waals surface area contributed by atoms with Gasteiger partial charge in [-0.15, -0.1) is 0 Å². The number of piperidine rings is 1. The van der Waals surface area contributed by atoms with Crippen LogP contribution in [0.15, 0.2) is 12.4 Å². The Balaban J connectivity index is 2.11. The fourth-order valence-electron chi connectivity index (χ4n) is 2.48. The van der Waals surface area contributed by atoms with Crippen LogP contribution in [0.2, 0.25) is 0 Å². The predicted molar refractivity (Wildman–Crippen MR) is 67.8 cm³/mol. The zero-order valence-corrected chi connectivity index (χ0v) is 10.5. The van der Waals surface area contributed by atoms with Crippen LogP contribution in [0.5, 0.6) is 0 Å². The van der Waals surface area contributed by atoms with Crippen LogP contribution < -0.4 is 4.90 Å². The first-order valence-electron chi connectivity index (χ1n) is 6.53. The number of hydrogen-bond acceptors (Lipinski definition) is 4. The molecule has 17 heavy (non-hydrogen) atoms. The maximum absolute atomic E-state index is 8.98. The molecule has 94 valence electrons. The van der Waals surface area contributed by atoms with Gasteiger partial charge in [0.2, 0.25) is 5.95 Å². The van der Waals surface area contributed by atoms with E-state index in [4.69, 9.17) is 5.11 Å². The third-order valence-electron chi connectivity index (χ3n) is 3.38. The number of aliphatic hydroxyl groups is 1. The Kier molecular flexibility index (Phi) is 4.31.